The first-order valence-electron chi connectivity index (χ1n) is 10.8. The predicted octanol–water partition coefficient (Wildman–Crippen LogP) is 2.98. The molecule has 2 aromatic carbocycles. The topological polar surface area (TPSA) is 97.9 Å². The number of fused-ring (bicyclic) bond motifs is 2. The van der Waals surface area contributed by atoms with Crippen molar-refractivity contribution in [1.82, 2.24) is 4.98 Å². The van der Waals surface area contributed by atoms with Crippen molar-refractivity contribution in [3.63, 3.8) is 0 Å². The molecule has 166 valence electrons. The molecular formula is C24H26N4O3S. The fraction of sp³-hybridized carbons (Fsp3) is 0.333. The summed E-state index contributed by atoms with van der Waals surface area (Å²) in [6.07, 6.45) is 1.63. The second-order valence-corrected chi connectivity index (χ2v) is 10.6. The molecule has 1 aromatic heterocycles. The number of pyridine rings is 1. The number of nitrogens with zero attached hydrogens (tertiary/aromatic N) is 3. The summed E-state index contributed by atoms with van der Waals surface area (Å²) in [4.78, 5) is 11.8. The van der Waals surface area contributed by atoms with Gasteiger partial charge >= 0.3 is 0 Å². The van der Waals surface area contributed by atoms with Gasteiger partial charge in [-0.3, -0.25) is 0 Å². The van der Waals surface area contributed by atoms with Crippen LogP contribution in [0.2, 0.25) is 0 Å². The molecule has 0 amide bonds. The summed E-state index contributed by atoms with van der Waals surface area (Å²) in [5, 5.41) is 1.12. The molecule has 2 N–H and O–H groups in total. The molecule has 5 rings (SSSR count). The molecule has 32 heavy (non-hydrogen) atoms. The van der Waals surface area contributed by atoms with Crippen molar-refractivity contribution < 1.29 is 13.2 Å². The van der Waals surface area contributed by atoms with E-state index < -0.39 is 9.84 Å². The number of aliphatic imine (C=N–C) groups is 1. The van der Waals surface area contributed by atoms with Crippen molar-refractivity contribution in [2.75, 3.05) is 23.8 Å². The minimum atomic E-state index is -3.31. The van der Waals surface area contributed by atoms with E-state index in [-0.39, 0.29) is 17.8 Å². The summed E-state index contributed by atoms with van der Waals surface area (Å²) in [6, 6.07) is 15.9. The third-order valence-electron chi connectivity index (χ3n) is 6.14. The number of ether oxygens (including phenoxy) is 1. The second-order valence-electron chi connectivity index (χ2n) is 8.48. The molecule has 0 fully saturated rings. The molecule has 2 aliphatic rings. The Morgan fingerprint density at radius 1 is 1.19 bits per heavy atom. The highest BCUT2D eigenvalue weighted by atomic mass is 32.2. The highest BCUT2D eigenvalue weighted by Crippen LogP contribution is 2.30. The lowest BCUT2D eigenvalue weighted by molar-refractivity contribution is 0.308. The van der Waals surface area contributed by atoms with E-state index in [9.17, 15) is 8.42 Å². The van der Waals surface area contributed by atoms with Crippen LogP contribution in [0.4, 0.5) is 5.82 Å². The van der Waals surface area contributed by atoms with Gasteiger partial charge in [0.25, 0.3) is 6.02 Å². The zero-order valence-corrected chi connectivity index (χ0v) is 18.8. The molecule has 0 spiro atoms. The first-order chi connectivity index (χ1) is 15.4. The molecule has 0 saturated carbocycles. The van der Waals surface area contributed by atoms with Crippen molar-refractivity contribution in [2.24, 2.45) is 10.7 Å². The summed E-state index contributed by atoms with van der Waals surface area (Å²) in [6.45, 7) is 3.50. The van der Waals surface area contributed by atoms with Gasteiger partial charge in [0.1, 0.15) is 12.4 Å². The van der Waals surface area contributed by atoms with Crippen LogP contribution in [-0.4, -0.2) is 44.4 Å². The largest absolute Gasteiger partial charge is 0.463 e. The average molecular weight is 451 g/mol. The van der Waals surface area contributed by atoms with Crippen LogP contribution in [0.5, 0.6) is 0 Å². The molecule has 3 heterocycles. The van der Waals surface area contributed by atoms with Crippen LogP contribution in [0.1, 0.15) is 23.1 Å². The van der Waals surface area contributed by atoms with Gasteiger partial charge in [0, 0.05) is 18.5 Å². The van der Waals surface area contributed by atoms with Gasteiger partial charge in [-0.2, -0.15) is 0 Å². The zero-order valence-electron chi connectivity index (χ0n) is 18.0. The van der Waals surface area contributed by atoms with Crippen LogP contribution in [-0.2, 0) is 27.5 Å². The third kappa shape index (κ3) is 4.02. The van der Waals surface area contributed by atoms with Crippen molar-refractivity contribution in [3.05, 3.63) is 65.2 Å². The molecule has 2 aliphatic heterocycles. The fourth-order valence-electron chi connectivity index (χ4n) is 4.43. The summed E-state index contributed by atoms with van der Waals surface area (Å²) in [5.41, 5.74) is 9.74. The van der Waals surface area contributed by atoms with E-state index in [4.69, 9.17) is 15.5 Å². The third-order valence-corrected chi connectivity index (χ3v) is 7.93. The van der Waals surface area contributed by atoms with E-state index in [1.165, 1.54) is 11.1 Å². The Morgan fingerprint density at radius 3 is 2.84 bits per heavy atom. The van der Waals surface area contributed by atoms with Crippen LogP contribution in [0.25, 0.3) is 10.9 Å². The van der Waals surface area contributed by atoms with E-state index in [2.05, 4.69) is 35.0 Å². The highest BCUT2D eigenvalue weighted by molar-refractivity contribution is 7.91. The molecule has 0 aliphatic carbocycles. The lowest BCUT2D eigenvalue weighted by Crippen LogP contribution is -2.26. The average Bonchev–Trinajstić information content (AvgIpc) is 3.14. The number of sulfone groups is 1. The Bertz CT molecular complexity index is 1320. The van der Waals surface area contributed by atoms with Crippen molar-refractivity contribution in [3.8, 4) is 0 Å². The van der Waals surface area contributed by atoms with Crippen molar-refractivity contribution in [1.29, 1.82) is 0 Å². The lowest BCUT2D eigenvalue weighted by atomic mass is 10.00. The summed E-state index contributed by atoms with van der Waals surface area (Å²) in [5.74, 6) is 0.870. The molecule has 0 bridgehead atoms. The van der Waals surface area contributed by atoms with Gasteiger partial charge in [-0.25, -0.2) is 18.4 Å². The van der Waals surface area contributed by atoms with Crippen molar-refractivity contribution in [2.45, 2.75) is 37.2 Å². The standard InChI is InChI=1S/C24H26N4O3S/c1-16-6-9-21-20(12-16)17(7-8-19-15-31-24(25)26-19)13-23(27-21)28-10-11-32(29,30)22-5-3-2-4-18(22)14-28/h2-6,9,12-13,19H,7-8,10-11,14-15H2,1H3,(H2,25,26)/t19-/m1/s1. The van der Waals surface area contributed by atoms with E-state index in [1.54, 1.807) is 12.1 Å². The quantitative estimate of drug-likeness (QED) is 0.656. The highest BCUT2D eigenvalue weighted by Gasteiger charge is 2.26. The fourth-order valence-corrected chi connectivity index (χ4v) is 5.93. The second kappa shape index (κ2) is 8.09. The van der Waals surface area contributed by atoms with E-state index in [0.29, 0.717) is 24.6 Å². The number of aromatic nitrogens is 1. The molecule has 0 radical (unpaired) electrons. The maximum absolute atomic E-state index is 12.8. The number of aryl methyl sites for hydroxylation is 2. The molecule has 7 nitrogen and oxygen atoms in total. The molecule has 1 atom stereocenters. The number of rotatable bonds is 4. The van der Waals surface area contributed by atoms with Gasteiger partial charge in [-0.05, 0) is 55.2 Å². The van der Waals surface area contributed by atoms with E-state index in [1.807, 2.05) is 18.2 Å². The minimum absolute atomic E-state index is 0.0571. The van der Waals surface area contributed by atoms with Gasteiger partial charge in [0.2, 0.25) is 0 Å². The Morgan fingerprint density at radius 2 is 2.03 bits per heavy atom. The van der Waals surface area contributed by atoms with Crippen LogP contribution < -0.4 is 10.6 Å². The molecule has 0 saturated heterocycles. The number of hydrogen-bond acceptors (Lipinski definition) is 7. The van der Waals surface area contributed by atoms with E-state index in [0.717, 1.165) is 35.1 Å². The minimum Gasteiger partial charge on any atom is -0.463 e. The van der Waals surface area contributed by atoms with Crippen LogP contribution >= 0.6 is 0 Å². The van der Waals surface area contributed by atoms with Crippen LogP contribution in [0.3, 0.4) is 0 Å². The van der Waals surface area contributed by atoms with E-state index >= 15 is 0 Å². The van der Waals surface area contributed by atoms with Crippen LogP contribution in [0.15, 0.2) is 58.4 Å². The lowest BCUT2D eigenvalue weighted by Gasteiger charge is -2.23. The van der Waals surface area contributed by atoms with Gasteiger partial charge < -0.3 is 15.4 Å². The number of hydrogen-bond donors (Lipinski definition) is 1. The summed E-state index contributed by atoms with van der Waals surface area (Å²) in [7, 11) is -3.31. The number of benzene rings is 2. The normalized spacial score (nSPS) is 19.8. The Hall–Kier alpha value is -3.13. The van der Waals surface area contributed by atoms with Crippen molar-refractivity contribution >= 4 is 32.6 Å². The van der Waals surface area contributed by atoms with Crippen LogP contribution in [0, 0.1) is 6.92 Å². The summed E-state index contributed by atoms with van der Waals surface area (Å²) < 4.78 is 30.9. The molecular weight excluding hydrogens is 424 g/mol. The zero-order chi connectivity index (χ0) is 22.3. The predicted molar refractivity (Wildman–Crippen MR) is 126 cm³/mol. The van der Waals surface area contributed by atoms with Gasteiger partial charge in [-0.15, -0.1) is 0 Å². The first kappa shape index (κ1) is 20.8. The van der Waals surface area contributed by atoms with Gasteiger partial charge in [0.15, 0.2) is 9.84 Å². The first-order valence-corrected chi connectivity index (χ1v) is 12.5. The molecule has 3 aromatic rings. The van der Waals surface area contributed by atoms with Gasteiger partial charge in [0.05, 0.1) is 22.2 Å². The smallest absolute Gasteiger partial charge is 0.282 e. The molecule has 8 heteroatoms. The monoisotopic (exact) mass is 450 g/mol. The Balaban J connectivity index is 1.52. The SMILES string of the molecule is Cc1ccc2nc(N3CCS(=O)(=O)c4ccccc4C3)cc(CC[C@@H]3COC(N)=N3)c2c1. The Labute approximate surface area is 187 Å². The van der Waals surface area contributed by atoms with Gasteiger partial charge in [-0.1, -0.05) is 29.8 Å². The summed E-state index contributed by atoms with van der Waals surface area (Å²) >= 11 is 0. The number of nitrogens with two attached hydrogens (primary N) is 1. The number of anilines is 1. The number of amidine groups is 1. The molecule has 0 unspecified atom stereocenters. The Kier molecular flexibility index (Phi) is 5.25. The maximum atomic E-state index is 12.8. The maximum Gasteiger partial charge on any atom is 0.282 e.